The normalized spacial score (nSPS) is 18.3. The highest BCUT2D eigenvalue weighted by Crippen LogP contribution is 2.33. The minimum atomic E-state index is -0.992. The first kappa shape index (κ1) is 10.8. The van der Waals surface area contributed by atoms with E-state index in [0.29, 0.717) is 13.2 Å². The largest absolute Gasteiger partial charge is 0.478 e. The molecule has 16 heavy (non-hydrogen) atoms. The molecule has 4 heteroatoms. The summed E-state index contributed by atoms with van der Waals surface area (Å²) in [5.41, 5.74) is 0.462. The maximum atomic E-state index is 12.8. The summed E-state index contributed by atoms with van der Waals surface area (Å²) in [6.45, 7) is 0.866. The third-order valence-corrected chi connectivity index (χ3v) is 2.68. The molecule has 1 aliphatic rings. The molecule has 0 saturated carbocycles. The second kappa shape index (κ2) is 4.06. The molecule has 1 N–H and O–H groups in total. The Kier molecular flexibility index (Phi) is 2.75. The van der Waals surface area contributed by atoms with Gasteiger partial charge in [-0.05, 0) is 17.7 Å². The molecule has 0 aliphatic carbocycles. The lowest BCUT2D eigenvalue weighted by molar-refractivity contribution is -0.131. The van der Waals surface area contributed by atoms with Crippen molar-refractivity contribution in [3.05, 3.63) is 47.8 Å². The standard InChI is InChI=1S/C12H11FO3/c13-10-3-1-9(2-4-10)12(7-16-8-12)6-5-11(14)15/h1-6H,7-8H2,(H,14,15)/b6-5+. The predicted octanol–water partition coefficient (Wildman–Crippen LogP) is 1.73. The number of carboxylic acid groups (broad SMARTS) is 1. The molecule has 0 aromatic heterocycles. The van der Waals surface area contributed by atoms with Crippen LogP contribution in [0.4, 0.5) is 4.39 Å². The van der Waals surface area contributed by atoms with Gasteiger partial charge in [0.05, 0.1) is 18.6 Å². The van der Waals surface area contributed by atoms with Crippen LogP contribution in [0.1, 0.15) is 5.56 Å². The summed E-state index contributed by atoms with van der Waals surface area (Å²) in [5.74, 6) is -1.30. The first-order valence-corrected chi connectivity index (χ1v) is 4.88. The topological polar surface area (TPSA) is 46.5 Å². The van der Waals surface area contributed by atoms with Gasteiger partial charge >= 0.3 is 5.97 Å². The minimum absolute atomic E-state index is 0.304. The second-order valence-electron chi connectivity index (χ2n) is 3.83. The maximum absolute atomic E-state index is 12.8. The molecule has 1 fully saturated rings. The number of ether oxygens (including phenoxy) is 1. The van der Waals surface area contributed by atoms with Gasteiger partial charge in [-0.15, -0.1) is 0 Å². The molecule has 1 aliphatic heterocycles. The molecular weight excluding hydrogens is 211 g/mol. The van der Waals surface area contributed by atoms with Gasteiger partial charge in [0, 0.05) is 6.08 Å². The van der Waals surface area contributed by atoms with Crippen LogP contribution in [0.3, 0.4) is 0 Å². The minimum Gasteiger partial charge on any atom is -0.478 e. The molecule has 0 bridgehead atoms. The number of halogens is 1. The van der Waals surface area contributed by atoms with Crippen LogP contribution in [-0.2, 0) is 14.9 Å². The number of benzene rings is 1. The Morgan fingerprint density at radius 1 is 1.38 bits per heavy atom. The molecule has 0 unspecified atom stereocenters. The molecule has 1 saturated heterocycles. The molecule has 0 radical (unpaired) electrons. The van der Waals surface area contributed by atoms with Gasteiger partial charge in [-0.2, -0.15) is 0 Å². The fourth-order valence-electron chi connectivity index (χ4n) is 1.69. The quantitative estimate of drug-likeness (QED) is 0.792. The Bertz CT molecular complexity index is 418. The number of hydrogen-bond donors (Lipinski definition) is 1. The van der Waals surface area contributed by atoms with E-state index < -0.39 is 11.4 Å². The lowest BCUT2D eigenvalue weighted by Crippen LogP contribution is -2.45. The zero-order chi connectivity index (χ0) is 11.6. The molecule has 0 atom stereocenters. The zero-order valence-corrected chi connectivity index (χ0v) is 8.52. The Morgan fingerprint density at radius 3 is 2.44 bits per heavy atom. The summed E-state index contributed by atoms with van der Waals surface area (Å²) in [6, 6.07) is 6.04. The van der Waals surface area contributed by atoms with Crippen LogP contribution in [0.25, 0.3) is 0 Å². The summed E-state index contributed by atoms with van der Waals surface area (Å²) >= 11 is 0. The SMILES string of the molecule is O=C(O)/C=C/C1(c2ccc(F)cc2)COC1. The van der Waals surface area contributed by atoms with Crippen molar-refractivity contribution >= 4 is 5.97 Å². The third-order valence-electron chi connectivity index (χ3n) is 2.68. The van der Waals surface area contributed by atoms with E-state index in [9.17, 15) is 9.18 Å². The van der Waals surface area contributed by atoms with Gasteiger partial charge in [0.25, 0.3) is 0 Å². The van der Waals surface area contributed by atoms with Crippen molar-refractivity contribution in [2.45, 2.75) is 5.41 Å². The van der Waals surface area contributed by atoms with Crippen molar-refractivity contribution in [2.75, 3.05) is 13.2 Å². The second-order valence-corrected chi connectivity index (χ2v) is 3.83. The van der Waals surface area contributed by atoms with Crippen LogP contribution < -0.4 is 0 Å². The Balaban J connectivity index is 2.27. The summed E-state index contributed by atoms with van der Waals surface area (Å²) in [4.78, 5) is 10.5. The van der Waals surface area contributed by atoms with Gasteiger partial charge in [-0.1, -0.05) is 18.2 Å². The average molecular weight is 222 g/mol. The highest BCUT2D eigenvalue weighted by atomic mass is 19.1. The number of carbonyl (C=O) groups is 1. The molecule has 1 heterocycles. The molecule has 0 amide bonds. The molecule has 84 valence electrons. The zero-order valence-electron chi connectivity index (χ0n) is 8.52. The maximum Gasteiger partial charge on any atom is 0.328 e. The monoisotopic (exact) mass is 222 g/mol. The molecule has 1 aromatic carbocycles. The highest BCUT2D eigenvalue weighted by molar-refractivity contribution is 5.80. The van der Waals surface area contributed by atoms with Crippen LogP contribution in [-0.4, -0.2) is 24.3 Å². The Hall–Kier alpha value is -1.68. The van der Waals surface area contributed by atoms with Crippen LogP contribution in [0.5, 0.6) is 0 Å². The highest BCUT2D eigenvalue weighted by Gasteiger charge is 2.37. The van der Waals surface area contributed by atoms with Crippen LogP contribution in [0, 0.1) is 5.82 Å². The molecule has 2 rings (SSSR count). The van der Waals surface area contributed by atoms with E-state index in [1.54, 1.807) is 18.2 Å². The van der Waals surface area contributed by atoms with Gasteiger partial charge in [-0.25, -0.2) is 9.18 Å². The Labute approximate surface area is 92.2 Å². The van der Waals surface area contributed by atoms with Crippen molar-refractivity contribution in [1.29, 1.82) is 0 Å². The van der Waals surface area contributed by atoms with Crippen molar-refractivity contribution in [3.8, 4) is 0 Å². The lowest BCUT2D eigenvalue weighted by Gasteiger charge is -2.39. The predicted molar refractivity (Wildman–Crippen MR) is 55.7 cm³/mol. The fourth-order valence-corrected chi connectivity index (χ4v) is 1.69. The van der Waals surface area contributed by atoms with Gasteiger partial charge < -0.3 is 9.84 Å². The van der Waals surface area contributed by atoms with Gasteiger partial charge in [0.2, 0.25) is 0 Å². The third kappa shape index (κ3) is 1.97. The molecular formula is C12H11FO3. The number of aliphatic carboxylic acids is 1. The summed E-state index contributed by atoms with van der Waals surface area (Å²) < 4.78 is 17.9. The molecule has 1 aromatic rings. The number of rotatable bonds is 3. The summed E-state index contributed by atoms with van der Waals surface area (Å²) in [7, 11) is 0. The van der Waals surface area contributed by atoms with Crippen molar-refractivity contribution in [2.24, 2.45) is 0 Å². The van der Waals surface area contributed by atoms with Gasteiger partial charge in [0.15, 0.2) is 0 Å². The van der Waals surface area contributed by atoms with E-state index in [1.165, 1.54) is 12.1 Å². The first-order valence-electron chi connectivity index (χ1n) is 4.88. The van der Waals surface area contributed by atoms with Crippen LogP contribution in [0.2, 0.25) is 0 Å². The lowest BCUT2D eigenvalue weighted by atomic mass is 9.78. The average Bonchev–Trinajstić information content (AvgIpc) is 2.18. The van der Waals surface area contributed by atoms with E-state index in [4.69, 9.17) is 9.84 Å². The van der Waals surface area contributed by atoms with Gasteiger partial charge in [-0.3, -0.25) is 0 Å². The summed E-state index contributed by atoms with van der Waals surface area (Å²) in [6.07, 6.45) is 2.71. The van der Waals surface area contributed by atoms with Crippen LogP contribution in [0.15, 0.2) is 36.4 Å². The van der Waals surface area contributed by atoms with Crippen molar-refractivity contribution in [3.63, 3.8) is 0 Å². The van der Waals surface area contributed by atoms with E-state index in [0.717, 1.165) is 11.6 Å². The van der Waals surface area contributed by atoms with Crippen LogP contribution >= 0.6 is 0 Å². The van der Waals surface area contributed by atoms with E-state index >= 15 is 0 Å². The first-order chi connectivity index (χ1) is 7.62. The number of carboxylic acids is 1. The van der Waals surface area contributed by atoms with E-state index in [1.807, 2.05) is 0 Å². The van der Waals surface area contributed by atoms with Crippen molar-refractivity contribution < 1.29 is 19.0 Å². The smallest absolute Gasteiger partial charge is 0.328 e. The van der Waals surface area contributed by atoms with E-state index in [2.05, 4.69) is 0 Å². The van der Waals surface area contributed by atoms with Gasteiger partial charge in [0.1, 0.15) is 5.82 Å². The molecule has 0 spiro atoms. The van der Waals surface area contributed by atoms with E-state index in [-0.39, 0.29) is 5.82 Å². The molecule has 3 nitrogen and oxygen atoms in total. The number of hydrogen-bond acceptors (Lipinski definition) is 2. The summed E-state index contributed by atoms with van der Waals surface area (Å²) in [5, 5.41) is 8.60. The van der Waals surface area contributed by atoms with Crippen molar-refractivity contribution in [1.82, 2.24) is 0 Å². The fraction of sp³-hybridized carbons (Fsp3) is 0.250. The Morgan fingerprint density at radius 2 is 2.00 bits per heavy atom.